The van der Waals surface area contributed by atoms with E-state index in [9.17, 15) is 4.79 Å². The Hall–Kier alpha value is -1.56. The lowest BCUT2D eigenvalue weighted by Crippen LogP contribution is -2.27. The Bertz CT molecular complexity index is 308. The molecule has 0 radical (unpaired) electrons. The molecule has 1 amide bonds. The molecule has 0 aliphatic rings. The number of rotatable bonds is 4. The molecule has 1 rings (SSSR count). The first-order chi connectivity index (χ1) is 6.61. The third-order valence-corrected chi connectivity index (χ3v) is 1.74. The molecule has 0 fully saturated rings. The fourth-order valence-corrected chi connectivity index (χ4v) is 0.960. The van der Waals surface area contributed by atoms with Crippen molar-refractivity contribution >= 4 is 11.6 Å². The van der Waals surface area contributed by atoms with Gasteiger partial charge >= 0.3 is 0 Å². The number of aliphatic hydroxyl groups is 1. The number of amides is 1. The molecule has 1 unspecified atom stereocenters. The fraction of sp³-hybridized carbons (Fsp3) is 0.500. The molecular weight excluding hydrogens is 184 g/mol. The molecule has 0 bridgehead atoms. The van der Waals surface area contributed by atoms with Crippen LogP contribution in [0.5, 0.6) is 0 Å². The number of hydrogen-bond donors (Lipinski definition) is 4. The van der Waals surface area contributed by atoms with E-state index in [1.165, 1.54) is 6.20 Å². The average Bonchev–Trinajstić information content (AvgIpc) is 2.50. The zero-order valence-electron chi connectivity index (χ0n) is 7.95. The van der Waals surface area contributed by atoms with Gasteiger partial charge in [-0.1, -0.05) is 0 Å². The van der Waals surface area contributed by atoms with E-state index in [1.54, 1.807) is 6.92 Å². The minimum absolute atomic E-state index is 0.260. The van der Waals surface area contributed by atoms with E-state index < -0.39 is 6.10 Å². The summed E-state index contributed by atoms with van der Waals surface area (Å²) in [6.07, 6.45) is 1.47. The van der Waals surface area contributed by atoms with Gasteiger partial charge in [-0.3, -0.25) is 9.89 Å². The third-order valence-electron chi connectivity index (χ3n) is 1.74. The van der Waals surface area contributed by atoms with Crippen LogP contribution in [0.3, 0.4) is 0 Å². The summed E-state index contributed by atoms with van der Waals surface area (Å²) >= 11 is 0. The van der Waals surface area contributed by atoms with Gasteiger partial charge in [0.25, 0.3) is 5.91 Å². The number of hydrogen-bond acceptors (Lipinski definition) is 4. The Morgan fingerprint density at radius 2 is 2.57 bits per heavy atom. The lowest BCUT2D eigenvalue weighted by atomic mass is 10.3. The Morgan fingerprint density at radius 1 is 1.86 bits per heavy atom. The van der Waals surface area contributed by atoms with Crippen LogP contribution >= 0.6 is 0 Å². The largest absolute Gasteiger partial charge is 0.396 e. The molecule has 0 saturated carbocycles. The first-order valence-corrected chi connectivity index (χ1v) is 4.36. The summed E-state index contributed by atoms with van der Waals surface area (Å²) in [6.45, 7) is 2.08. The van der Waals surface area contributed by atoms with Gasteiger partial charge in [0.05, 0.1) is 18.0 Å². The van der Waals surface area contributed by atoms with Gasteiger partial charge in [0.1, 0.15) is 5.69 Å². The highest BCUT2D eigenvalue weighted by molar-refractivity contribution is 5.96. The molecule has 6 heteroatoms. The number of carbonyl (C=O) groups excluding carboxylic acids is 1. The van der Waals surface area contributed by atoms with Crippen LogP contribution in [0.4, 0.5) is 5.69 Å². The van der Waals surface area contributed by atoms with Crippen molar-refractivity contribution in [3.63, 3.8) is 0 Å². The van der Waals surface area contributed by atoms with Crippen LogP contribution in [0, 0.1) is 0 Å². The molecule has 1 atom stereocenters. The third kappa shape index (κ3) is 2.74. The van der Waals surface area contributed by atoms with Crippen molar-refractivity contribution in [3.05, 3.63) is 11.9 Å². The molecule has 0 aliphatic heterocycles. The highest BCUT2D eigenvalue weighted by atomic mass is 16.3. The standard InChI is InChI=1S/C8H14N4O2/c1-5(13)2-3-10-8(14)7-6(9)4-11-12-7/h4-5,13H,2-3,9H2,1H3,(H,10,14)(H,11,12). The quantitative estimate of drug-likeness (QED) is 0.523. The number of nitrogen functional groups attached to an aromatic ring is 1. The van der Waals surface area contributed by atoms with Crippen LogP contribution in [0.2, 0.25) is 0 Å². The molecule has 78 valence electrons. The molecular formula is C8H14N4O2. The lowest BCUT2D eigenvalue weighted by molar-refractivity contribution is 0.0941. The lowest BCUT2D eigenvalue weighted by Gasteiger charge is -2.05. The number of nitrogens with zero attached hydrogens (tertiary/aromatic N) is 1. The van der Waals surface area contributed by atoms with Crippen molar-refractivity contribution in [1.29, 1.82) is 0 Å². The summed E-state index contributed by atoms with van der Waals surface area (Å²) in [5.41, 5.74) is 6.05. The van der Waals surface area contributed by atoms with Gasteiger partial charge in [-0.25, -0.2) is 0 Å². The fourth-order valence-electron chi connectivity index (χ4n) is 0.960. The highest BCUT2D eigenvalue weighted by Gasteiger charge is 2.10. The minimum atomic E-state index is -0.422. The van der Waals surface area contributed by atoms with E-state index in [0.717, 1.165) is 0 Å². The molecule has 0 aromatic carbocycles. The minimum Gasteiger partial charge on any atom is -0.396 e. The Labute approximate surface area is 81.5 Å². The van der Waals surface area contributed by atoms with E-state index in [1.807, 2.05) is 0 Å². The number of nitrogens with one attached hydrogen (secondary N) is 2. The zero-order chi connectivity index (χ0) is 10.6. The maximum absolute atomic E-state index is 11.4. The van der Waals surface area contributed by atoms with Crippen LogP contribution in [0.25, 0.3) is 0 Å². The number of H-pyrrole nitrogens is 1. The maximum Gasteiger partial charge on any atom is 0.271 e. The van der Waals surface area contributed by atoms with Crippen LogP contribution in [0.1, 0.15) is 23.8 Å². The molecule has 6 nitrogen and oxygen atoms in total. The van der Waals surface area contributed by atoms with E-state index in [0.29, 0.717) is 18.7 Å². The van der Waals surface area contributed by atoms with Gasteiger partial charge in [0, 0.05) is 6.54 Å². The van der Waals surface area contributed by atoms with E-state index >= 15 is 0 Å². The second-order valence-electron chi connectivity index (χ2n) is 3.09. The second kappa shape index (κ2) is 4.61. The van der Waals surface area contributed by atoms with Crippen molar-refractivity contribution in [2.75, 3.05) is 12.3 Å². The predicted molar refractivity (Wildman–Crippen MR) is 51.6 cm³/mol. The first-order valence-electron chi connectivity index (χ1n) is 4.36. The van der Waals surface area contributed by atoms with E-state index in [2.05, 4.69) is 15.5 Å². The van der Waals surface area contributed by atoms with Crippen molar-refractivity contribution in [3.8, 4) is 0 Å². The summed E-state index contributed by atoms with van der Waals surface area (Å²) in [6, 6.07) is 0. The normalized spacial score (nSPS) is 12.4. The second-order valence-corrected chi connectivity index (χ2v) is 3.09. The van der Waals surface area contributed by atoms with Gasteiger partial charge in [0.15, 0.2) is 0 Å². The highest BCUT2D eigenvalue weighted by Crippen LogP contribution is 2.04. The summed E-state index contributed by atoms with van der Waals surface area (Å²) in [4.78, 5) is 11.4. The smallest absolute Gasteiger partial charge is 0.271 e. The van der Waals surface area contributed by atoms with Crippen molar-refractivity contribution in [2.24, 2.45) is 0 Å². The number of carbonyl (C=O) groups is 1. The Balaban J connectivity index is 2.40. The summed E-state index contributed by atoms with van der Waals surface area (Å²) in [5.74, 6) is -0.305. The van der Waals surface area contributed by atoms with Gasteiger partial charge < -0.3 is 16.2 Å². The van der Waals surface area contributed by atoms with Crippen LogP contribution in [0.15, 0.2) is 6.20 Å². The number of aromatic nitrogens is 2. The number of nitrogens with two attached hydrogens (primary N) is 1. The summed E-state index contributed by atoms with van der Waals surface area (Å²) < 4.78 is 0. The molecule has 1 heterocycles. The summed E-state index contributed by atoms with van der Waals surface area (Å²) in [7, 11) is 0. The monoisotopic (exact) mass is 198 g/mol. The topological polar surface area (TPSA) is 104 Å². The average molecular weight is 198 g/mol. The van der Waals surface area contributed by atoms with E-state index in [4.69, 9.17) is 10.8 Å². The van der Waals surface area contributed by atoms with Crippen LogP contribution < -0.4 is 11.1 Å². The Morgan fingerprint density at radius 3 is 3.07 bits per heavy atom. The van der Waals surface area contributed by atoms with Crippen molar-refractivity contribution in [1.82, 2.24) is 15.5 Å². The van der Waals surface area contributed by atoms with Crippen molar-refractivity contribution in [2.45, 2.75) is 19.4 Å². The number of anilines is 1. The maximum atomic E-state index is 11.4. The van der Waals surface area contributed by atoms with Gasteiger partial charge in [-0.2, -0.15) is 5.10 Å². The van der Waals surface area contributed by atoms with Gasteiger partial charge in [-0.05, 0) is 13.3 Å². The predicted octanol–water partition coefficient (Wildman–Crippen LogP) is -0.507. The molecule has 0 saturated heterocycles. The molecule has 1 aromatic heterocycles. The molecule has 0 aliphatic carbocycles. The van der Waals surface area contributed by atoms with Crippen LogP contribution in [-0.4, -0.2) is 33.9 Å². The zero-order valence-corrected chi connectivity index (χ0v) is 7.95. The number of aromatic amines is 1. The summed E-state index contributed by atoms with van der Waals surface area (Å²) in [5, 5.41) is 17.7. The van der Waals surface area contributed by atoms with Gasteiger partial charge in [0.2, 0.25) is 0 Å². The first kappa shape index (κ1) is 10.5. The van der Waals surface area contributed by atoms with Gasteiger partial charge in [-0.15, -0.1) is 0 Å². The molecule has 1 aromatic rings. The molecule has 5 N–H and O–H groups in total. The number of aliphatic hydroxyl groups excluding tert-OH is 1. The Kier molecular flexibility index (Phi) is 3.47. The van der Waals surface area contributed by atoms with E-state index in [-0.39, 0.29) is 11.6 Å². The SMILES string of the molecule is CC(O)CCNC(=O)c1[nH]ncc1N. The van der Waals surface area contributed by atoms with Crippen molar-refractivity contribution < 1.29 is 9.90 Å². The van der Waals surface area contributed by atoms with Crippen LogP contribution in [-0.2, 0) is 0 Å². The molecule has 0 spiro atoms. The molecule has 14 heavy (non-hydrogen) atoms.